The van der Waals surface area contributed by atoms with Gasteiger partial charge in [0.15, 0.2) is 0 Å². The molecule has 0 saturated carbocycles. The predicted octanol–water partition coefficient (Wildman–Crippen LogP) is 5.06. The number of benzene rings is 3. The number of sulfonamides is 1. The van der Waals surface area contributed by atoms with Crippen LogP contribution in [0.1, 0.15) is 38.3 Å². The van der Waals surface area contributed by atoms with E-state index in [1.165, 1.54) is 4.90 Å². The van der Waals surface area contributed by atoms with Crippen LogP contribution in [0.4, 0.5) is 5.69 Å². The number of rotatable bonds is 14. The van der Waals surface area contributed by atoms with Crippen LogP contribution in [-0.2, 0) is 32.6 Å². The Morgan fingerprint density at radius 1 is 0.951 bits per heavy atom. The fourth-order valence-corrected chi connectivity index (χ4v) is 5.34. The van der Waals surface area contributed by atoms with Crippen LogP contribution in [0.3, 0.4) is 0 Å². The molecule has 0 spiro atoms. The second kappa shape index (κ2) is 14.9. The summed E-state index contributed by atoms with van der Waals surface area (Å²) in [6.45, 7) is 5.70. The molecule has 0 fully saturated rings. The Hall–Kier alpha value is -3.56. The lowest BCUT2D eigenvalue weighted by molar-refractivity contribution is -0.140. The first-order valence-corrected chi connectivity index (χ1v) is 15.8. The van der Waals surface area contributed by atoms with Gasteiger partial charge in [0.1, 0.15) is 18.3 Å². The summed E-state index contributed by atoms with van der Waals surface area (Å²) in [5.74, 6) is -0.277. The molecule has 0 bridgehead atoms. The average molecular weight is 600 g/mol. The van der Waals surface area contributed by atoms with Gasteiger partial charge in [-0.3, -0.25) is 13.9 Å². The van der Waals surface area contributed by atoms with Crippen molar-refractivity contribution in [3.63, 3.8) is 0 Å². The van der Waals surface area contributed by atoms with E-state index < -0.39 is 28.5 Å². The van der Waals surface area contributed by atoms with Crippen molar-refractivity contribution < 1.29 is 22.7 Å². The minimum Gasteiger partial charge on any atom is -0.494 e. The van der Waals surface area contributed by atoms with Crippen LogP contribution in [0.25, 0.3) is 0 Å². The molecule has 3 aromatic carbocycles. The van der Waals surface area contributed by atoms with E-state index >= 15 is 0 Å². The Morgan fingerprint density at radius 2 is 1.59 bits per heavy atom. The van der Waals surface area contributed by atoms with Gasteiger partial charge in [0.25, 0.3) is 0 Å². The molecule has 0 aliphatic heterocycles. The van der Waals surface area contributed by atoms with Crippen molar-refractivity contribution >= 4 is 39.1 Å². The number of hydrogen-bond acceptors (Lipinski definition) is 5. The van der Waals surface area contributed by atoms with E-state index in [1.807, 2.05) is 51.1 Å². The monoisotopic (exact) mass is 599 g/mol. The SMILES string of the molecule is CCOc1ccc(N(CC(=O)N(Cc2ccccc2Cl)[C@@H](Cc2ccccc2)C(=O)N[C@H](C)CC)S(C)(=O)=O)cc1. The first-order valence-electron chi connectivity index (χ1n) is 13.6. The number of anilines is 1. The molecule has 0 aliphatic carbocycles. The van der Waals surface area contributed by atoms with Crippen molar-refractivity contribution in [3.8, 4) is 5.75 Å². The van der Waals surface area contributed by atoms with Crippen molar-refractivity contribution in [2.24, 2.45) is 0 Å². The van der Waals surface area contributed by atoms with E-state index in [0.29, 0.717) is 35.1 Å². The molecule has 2 atom stereocenters. The second-order valence-electron chi connectivity index (χ2n) is 9.83. The van der Waals surface area contributed by atoms with Gasteiger partial charge in [0.05, 0.1) is 18.6 Å². The fraction of sp³-hybridized carbons (Fsp3) is 0.355. The standard InChI is InChI=1S/C31H38ClN3O5S/c1-5-23(3)33-31(37)29(20-24-12-8-7-9-13-24)34(21-25-14-10-11-15-28(25)32)30(36)22-35(41(4,38)39)26-16-18-27(19-17-26)40-6-2/h7-19,23,29H,5-6,20-22H2,1-4H3,(H,33,37)/t23-,29+/m1/s1. The lowest BCUT2D eigenvalue weighted by Gasteiger charge is -2.34. The zero-order chi connectivity index (χ0) is 30.0. The number of carbonyl (C=O) groups is 2. The van der Waals surface area contributed by atoms with Crippen molar-refractivity contribution in [3.05, 3.63) is 95.0 Å². The topological polar surface area (TPSA) is 96.0 Å². The van der Waals surface area contributed by atoms with Gasteiger partial charge in [0, 0.05) is 24.0 Å². The van der Waals surface area contributed by atoms with Crippen molar-refractivity contribution in [1.29, 1.82) is 0 Å². The molecule has 0 unspecified atom stereocenters. The average Bonchev–Trinajstić information content (AvgIpc) is 2.95. The molecule has 0 heterocycles. The highest BCUT2D eigenvalue weighted by atomic mass is 35.5. The number of nitrogens with zero attached hydrogens (tertiary/aromatic N) is 2. The third-order valence-corrected chi connectivity index (χ3v) is 8.19. The molecule has 0 aliphatic rings. The number of amides is 2. The Labute approximate surface area is 248 Å². The molecule has 3 rings (SSSR count). The Morgan fingerprint density at radius 3 is 2.17 bits per heavy atom. The summed E-state index contributed by atoms with van der Waals surface area (Å²) >= 11 is 6.48. The zero-order valence-corrected chi connectivity index (χ0v) is 25.5. The fourth-order valence-electron chi connectivity index (χ4n) is 4.29. The van der Waals surface area contributed by atoms with E-state index in [-0.39, 0.29) is 24.9 Å². The van der Waals surface area contributed by atoms with E-state index in [1.54, 1.807) is 48.5 Å². The predicted molar refractivity (Wildman–Crippen MR) is 164 cm³/mol. The summed E-state index contributed by atoms with van der Waals surface area (Å²) in [7, 11) is -3.86. The number of nitrogens with one attached hydrogen (secondary N) is 1. The smallest absolute Gasteiger partial charge is 0.244 e. The number of ether oxygens (including phenoxy) is 1. The highest BCUT2D eigenvalue weighted by Gasteiger charge is 2.33. The van der Waals surface area contributed by atoms with Crippen LogP contribution < -0.4 is 14.4 Å². The molecule has 1 N–H and O–H groups in total. The largest absolute Gasteiger partial charge is 0.494 e. The first kappa shape index (κ1) is 32.0. The molecular weight excluding hydrogens is 562 g/mol. The van der Waals surface area contributed by atoms with Crippen LogP contribution in [0.5, 0.6) is 5.75 Å². The third-order valence-electron chi connectivity index (χ3n) is 6.69. The van der Waals surface area contributed by atoms with Crippen LogP contribution in [-0.4, -0.2) is 56.6 Å². The van der Waals surface area contributed by atoms with E-state index in [9.17, 15) is 18.0 Å². The van der Waals surface area contributed by atoms with Gasteiger partial charge >= 0.3 is 0 Å². The van der Waals surface area contributed by atoms with Crippen molar-refractivity contribution in [2.75, 3.05) is 23.7 Å². The summed E-state index contributed by atoms with van der Waals surface area (Å²) in [4.78, 5) is 29.3. The molecule has 3 aromatic rings. The highest BCUT2D eigenvalue weighted by Crippen LogP contribution is 2.24. The third kappa shape index (κ3) is 9.23. The Kier molecular flexibility index (Phi) is 11.6. The van der Waals surface area contributed by atoms with E-state index in [0.717, 1.165) is 16.1 Å². The van der Waals surface area contributed by atoms with Gasteiger partial charge in [-0.15, -0.1) is 0 Å². The van der Waals surface area contributed by atoms with Gasteiger partial charge in [-0.2, -0.15) is 0 Å². The molecule has 41 heavy (non-hydrogen) atoms. The number of carbonyl (C=O) groups excluding carboxylic acids is 2. The highest BCUT2D eigenvalue weighted by molar-refractivity contribution is 7.92. The molecule has 10 heteroatoms. The first-order chi connectivity index (χ1) is 19.5. The van der Waals surface area contributed by atoms with Gasteiger partial charge in [-0.25, -0.2) is 8.42 Å². The molecule has 220 valence electrons. The quantitative estimate of drug-likeness (QED) is 0.279. The summed E-state index contributed by atoms with van der Waals surface area (Å²) in [6.07, 6.45) is 2.00. The summed E-state index contributed by atoms with van der Waals surface area (Å²) in [5.41, 5.74) is 1.81. The summed E-state index contributed by atoms with van der Waals surface area (Å²) in [5, 5.41) is 3.45. The van der Waals surface area contributed by atoms with Crippen LogP contribution in [0.15, 0.2) is 78.9 Å². The minimum absolute atomic E-state index is 0.0187. The molecule has 0 aromatic heterocycles. The van der Waals surface area contributed by atoms with Gasteiger partial charge < -0.3 is 15.0 Å². The summed E-state index contributed by atoms with van der Waals surface area (Å²) < 4.78 is 32.3. The molecular formula is C31H38ClN3O5S. The Bertz CT molecular complexity index is 1400. The maximum atomic E-state index is 14.1. The zero-order valence-electron chi connectivity index (χ0n) is 23.9. The van der Waals surface area contributed by atoms with Crippen LogP contribution in [0.2, 0.25) is 5.02 Å². The second-order valence-corrected chi connectivity index (χ2v) is 12.1. The number of hydrogen-bond donors (Lipinski definition) is 1. The maximum Gasteiger partial charge on any atom is 0.244 e. The van der Waals surface area contributed by atoms with Crippen molar-refractivity contribution in [2.45, 2.75) is 52.2 Å². The molecule has 8 nitrogen and oxygen atoms in total. The lowest BCUT2D eigenvalue weighted by Crippen LogP contribution is -2.54. The van der Waals surface area contributed by atoms with Crippen molar-refractivity contribution in [1.82, 2.24) is 10.2 Å². The molecule has 0 saturated heterocycles. The lowest BCUT2D eigenvalue weighted by atomic mass is 10.0. The van der Waals surface area contributed by atoms with Crippen LogP contribution >= 0.6 is 11.6 Å². The van der Waals surface area contributed by atoms with E-state index in [4.69, 9.17) is 16.3 Å². The molecule has 0 radical (unpaired) electrons. The Balaban J connectivity index is 2.05. The van der Waals surface area contributed by atoms with E-state index in [2.05, 4.69) is 5.32 Å². The summed E-state index contributed by atoms with van der Waals surface area (Å²) in [6, 6.07) is 22.0. The normalized spacial score (nSPS) is 12.7. The molecule has 2 amide bonds. The maximum absolute atomic E-state index is 14.1. The van der Waals surface area contributed by atoms with Crippen LogP contribution in [0, 0.1) is 0 Å². The van der Waals surface area contributed by atoms with Gasteiger partial charge in [-0.1, -0.05) is 67.1 Å². The van der Waals surface area contributed by atoms with Gasteiger partial charge in [-0.05, 0) is 61.7 Å². The van der Waals surface area contributed by atoms with Gasteiger partial charge in [0.2, 0.25) is 21.8 Å². The number of halogens is 1. The minimum atomic E-state index is -3.86.